The van der Waals surface area contributed by atoms with Crippen molar-refractivity contribution in [1.29, 1.82) is 0 Å². The molecule has 3 nitrogen and oxygen atoms in total. The zero-order chi connectivity index (χ0) is 15.0. The summed E-state index contributed by atoms with van der Waals surface area (Å²) in [6.07, 6.45) is 4.42. The van der Waals surface area contributed by atoms with Crippen LogP contribution in [0.5, 0.6) is 0 Å². The van der Waals surface area contributed by atoms with E-state index in [2.05, 4.69) is 12.2 Å². The lowest BCUT2D eigenvalue weighted by molar-refractivity contribution is -0.123. The molecular weight excluding hydrogens is 282 g/mol. The molecule has 1 aromatic rings. The van der Waals surface area contributed by atoms with Crippen LogP contribution in [-0.2, 0) is 9.59 Å². The van der Waals surface area contributed by atoms with Crippen LogP contribution in [0.1, 0.15) is 31.7 Å². The lowest BCUT2D eigenvalue weighted by atomic mass is 9.80. The number of nitrogens with one attached hydrogen (secondary N) is 1. The quantitative estimate of drug-likeness (QED) is 0.847. The number of allylic oxidation sites excluding steroid dienone is 1. The zero-order valence-electron chi connectivity index (χ0n) is 12.3. The van der Waals surface area contributed by atoms with Crippen LogP contribution in [0.3, 0.4) is 0 Å². The summed E-state index contributed by atoms with van der Waals surface area (Å²) in [6.45, 7) is 2.19. The lowest BCUT2D eigenvalue weighted by Gasteiger charge is -2.27. The number of rotatable bonds is 2. The first-order valence-electron chi connectivity index (χ1n) is 7.33. The van der Waals surface area contributed by atoms with E-state index in [4.69, 9.17) is 0 Å². The van der Waals surface area contributed by atoms with Crippen LogP contribution in [0.4, 0.5) is 5.69 Å². The number of hydrogen-bond donors (Lipinski definition) is 1. The predicted octanol–water partition coefficient (Wildman–Crippen LogP) is 3.72. The number of hydrogen-bond acceptors (Lipinski definition) is 3. The van der Waals surface area contributed by atoms with Crippen LogP contribution in [0, 0.1) is 11.8 Å². The Hall–Kier alpha value is -1.55. The topological polar surface area (TPSA) is 46.2 Å². The minimum atomic E-state index is -0.115. The standard InChI is InChI=1S/C17H19NO2S/c1-10-7-8-14(19)12(9-10)16(21-2)15-11-5-3-4-6-13(11)18-17(15)20/h3-6,10,12H,7-9H2,1-2H3,(H,18,20)/b16-15+. The molecule has 1 heterocycles. The highest BCUT2D eigenvalue weighted by molar-refractivity contribution is 8.02. The molecule has 1 aromatic carbocycles. The highest BCUT2D eigenvalue weighted by Gasteiger charge is 2.35. The Kier molecular flexibility index (Phi) is 3.89. The molecule has 0 bridgehead atoms. The number of anilines is 1. The van der Waals surface area contributed by atoms with Crippen molar-refractivity contribution in [3.63, 3.8) is 0 Å². The Morgan fingerprint density at radius 1 is 1.29 bits per heavy atom. The Bertz CT molecular complexity index is 635. The van der Waals surface area contributed by atoms with E-state index in [9.17, 15) is 9.59 Å². The second-order valence-corrected chi connectivity index (χ2v) is 6.69. The molecule has 0 spiro atoms. The van der Waals surface area contributed by atoms with Gasteiger partial charge in [0.25, 0.3) is 5.91 Å². The van der Waals surface area contributed by atoms with E-state index < -0.39 is 0 Å². The molecule has 1 aliphatic carbocycles. The van der Waals surface area contributed by atoms with Gasteiger partial charge in [0.05, 0.1) is 5.57 Å². The summed E-state index contributed by atoms with van der Waals surface area (Å²) < 4.78 is 0. The van der Waals surface area contributed by atoms with Crippen LogP contribution in [0.15, 0.2) is 29.2 Å². The van der Waals surface area contributed by atoms with Gasteiger partial charge in [-0.05, 0) is 31.1 Å². The van der Waals surface area contributed by atoms with Gasteiger partial charge in [-0.15, -0.1) is 11.8 Å². The predicted molar refractivity (Wildman–Crippen MR) is 87.0 cm³/mol. The van der Waals surface area contributed by atoms with Crippen molar-refractivity contribution in [2.45, 2.75) is 26.2 Å². The van der Waals surface area contributed by atoms with Gasteiger partial charge in [0.2, 0.25) is 0 Å². The molecule has 4 heteroatoms. The van der Waals surface area contributed by atoms with Gasteiger partial charge in [-0.3, -0.25) is 9.59 Å². The van der Waals surface area contributed by atoms with Crippen LogP contribution in [0.2, 0.25) is 0 Å². The molecule has 2 atom stereocenters. The van der Waals surface area contributed by atoms with E-state index in [-0.39, 0.29) is 17.6 Å². The molecule has 0 saturated heterocycles. The van der Waals surface area contributed by atoms with Crippen molar-refractivity contribution >= 4 is 34.7 Å². The van der Waals surface area contributed by atoms with Gasteiger partial charge in [0.15, 0.2) is 0 Å². The van der Waals surface area contributed by atoms with Gasteiger partial charge in [0, 0.05) is 28.5 Å². The highest BCUT2D eigenvalue weighted by atomic mass is 32.2. The molecule has 21 heavy (non-hydrogen) atoms. The third kappa shape index (κ3) is 2.53. The molecule has 1 saturated carbocycles. The molecule has 2 aliphatic rings. The first-order valence-corrected chi connectivity index (χ1v) is 8.56. The van der Waals surface area contributed by atoms with E-state index in [1.807, 2.05) is 30.5 Å². The van der Waals surface area contributed by atoms with Crippen LogP contribution in [-0.4, -0.2) is 17.9 Å². The fourth-order valence-electron chi connectivity index (χ4n) is 3.25. The first-order chi connectivity index (χ1) is 10.1. The number of carbonyl (C=O) groups excluding carboxylic acids is 2. The van der Waals surface area contributed by atoms with Crippen molar-refractivity contribution in [3.05, 3.63) is 34.7 Å². The van der Waals surface area contributed by atoms with Crippen LogP contribution < -0.4 is 5.32 Å². The molecule has 1 fully saturated rings. The van der Waals surface area contributed by atoms with Crippen molar-refractivity contribution in [2.24, 2.45) is 11.8 Å². The third-order valence-electron chi connectivity index (χ3n) is 4.36. The molecule has 1 N–H and O–H groups in total. The van der Waals surface area contributed by atoms with Crippen LogP contribution in [0.25, 0.3) is 5.57 Å². The maximum absolute atomic E-state index is 12.4. The van der Waals surface area contributed by atoms with E-state index in [0.29, 0.717) is 17.9 Å². The number of carbonyl (C=O) groups is 2. The third-order valence-corrected chi connectivity index (χ3v) is 5.29. The maximum atomic E-state index is 12.4. The van der Waals surface area contributed by atoms with E-state index in [1.54, 1.807) is 11.8 Å². The van der Waals surface area contributed by atoms with Crippen molar-refractivity contribution in [2.75, 3.05) is 11.6 Å². The highest BCUT2D eigenvalue weighted by Crippen LogP contribution is 2.43. The molecule has 2 unspecified atom stereocenters. The summed E-state index contributed by atoms with van der Waals surface area (Å²) in [5.41, 5.74) is 2.48. The van der Waals surface area contributed by atoms with Crippen LogP contribution >= 0.6 is 11.8 Å². The van der Waals surface area contributed by atoms with Gasteiger partial charge < -0.3 is 5.32 Å². The van der Waals surface area contributed by atoms with Gasteiger partial charge in [-0.25, -0.2) is 0 Å². The SMILES string of the molecule is CS/C(=C1/C(=O)Nc2ccccc21)C1CC(C)CCC1=O. The Balaban J connectivity index is 2.09. The van der Waals surface area contributed by atoms with Gasteiger partial charge in [-0.1, -0.05) is 25.1 Å². The lowest BCUT2D eigenvalue weighted by Crippen LogP contribution is -2.25. The minimum absolute atomic E-state index is 0.0772. The number of ketones is 1. The molecule has 0 aromatic heterocycles. The zero-order valence-corrected chi connectivity index (χ0v) is 13.1. The normalized spacial score (nSPS) is 27.3. The number of thioether (sulfide) groups is 1. The van der Waals surface area contributed by atoms with Crippen molar-refractivity contribution in [1.82, 2.24) is 0 Å². The average molecular weight is 301 g/mol. The first kappa shape index (κ1) is 14.4. The van der Waals surface area contributed by atoms with Gasteiger partial charge in [-0.2, -0.15) is 0 Å². The van der Waals surface area contributed by atoms with Crippen molar-refractivity contribution in [3.8, 4) is 0 Å². The molecule has 1 aliphatic heterocycles. The maximum Gasteiger partial charge on any atom is 0.257 e. The molecular formula is C17H19NO2S. The van der Waals surface area contributed by atoms with Gasteiger partial charge >= 0.3 is 0 Å². The monoisotopic (exact) mass is 301 g/mol. The van der Waals surface area contributed by atoms with Crippen molar-refractivity contribution < 1.29 is 9.59 Å². The summed E-state index contributed by atoms with van der Waals surface area (Å²) in [6, 6.07) is 7.70. The Labute approximate surface area is 129 Å². The minimum Gasteiger partial charge on any atom is -0.321 e. The second kappa shape index (κ2) is 5.68. The summed E-state index contributed by atoms with van der Waals surface area (Å²) in [7, 11) is 0. The number of fused-ring (bicyclic) bond motifs is 1. The molecule has 110 valence electrons. The largest absolute Gasteiger partial charge is 0.321 e. The number of Topliss-reactive ketones (excluding diaryl/α,β-unsaturated/α-hetero) is 1. The fourth-order valence-corrected chi connectivity index (χ4v) is 4.17. The Morgan fingerprint density at radius 3 is 2.81 bits per heavy atom. The van der Waals surface area contributed by atoms with Gasteiger partial charge in [0.1, 0.15) is 5.78 Å². The average Bonchev–Trinajstić information content (AvgIpc) is 2.80. The number of benzene rings is 1. The molecule has 3 rings (SSSR count). The molecule has 1 amide bonds. The second-order valence-electron chi connectivity index (χ2n) is 5.84. The summed E-state index contributed by atoms with van der Waals surface area (Å²) >= 11 is 1.54. The van der Waals surface area contributed by atoms with E-state index in [1.165, 1.54) is 0 Å². The molecule has 0 radical (unpaired) electrons. The van der Waals surface area contributed by atoms with E-state index in [0.717, 1.165) is 29.0 Å². The number of para-hydroxylation sites is 1. The summed E-state index contributed by atoms with van der Waals surface area (Å²) in [5, 5.41) is 2.91. The summed E-state index contributed by atoms with van der Waals surface area (Å²) in [5.74, 6) is 0.625. The smallest absolute Gasteiger partial charge is 0.257 e. The number of amides is 1. The Morgan fingerprint density at radius 2 is 2.05 bits per heavy atom. The van der Waals surface area contributed by atoms with E-state index >= 15 is 0 Å². The fraction of sp³-hybridized carbons (Fsp3) is 0.412. The summed E-state index contributed by atoms with van der Waals surface area (Å²) in [4.78, 5) is 25.6.